The summed E-state index contributed by atoms with van der Waals surface area (Å²) >= 11 is 0. The molecule has 0 spiro atoms. The summed E-state index contributed by atoms with van der Waals surface area (Å²) in [4.78, 5) is 12.9. The van der Waals surface area contributed by atoms with E-state index in [1.165, 1.54) is 13.2 Å². The van der Waals surface area contributed by atoms with E-state index >= 15 is 0 Å². The molecule has 0 unspecified atom stereocenters. The third-order valence-corrected chi connectivity index (χ3v) is 2.78. The van der Waals surface area contributed by atoms with E-state index < -0.39 is 17.5 Å². The minimum atomic E-state index is -1.31. The molecule has 1 aromatic carbocycles. The standard InChI is InChI=1S/C13H16FN3O3/c1-20-8-7-17(6-2-5-15)10-4-3-9(14)12(16)11(10)13(18)19/h3-4H,2,6-8,16H2,1H3,(H,18,19). The summed E-state index contributed by atoms with van der Waals surface area (Å²) in [5.41, 5.74) is 5.08. The van der Waals surface area contributed by atoms with Crippen LogP contribution in [0.1, 0.15) is 16.8 Å². The molecule has 1 aromatic rings. The maximum Gasteiger partial charge on any atom is 0.340 e. The van der Waals surface area contributed by atoms with Crippen molar-refractivity contribution in [3.05, 3.63) is 23.5 Å². The Labute approximate surface area is 116 Å². The minimum Gasteiger partial charge on any atom is -0.478 e. The number of ether oxygens (including phenoxy) is 1. The first kappa shape index (κ1) is 15.7. The molecule has 6 nitrogen and oxygen atoms in total. The van der Waals surface area contributed by atoms with Crippen LogP contribution in [0.2, 0.25) is 0 Å². The average Bonchev–Trinajstić information content (AvgIpc) is 2.42. The Morgan fingerprint density at radius 1 is 1.55 bits per heavy atom. The van der Waals surface area contributed by atoms with Gasteiger partial charge in [0.05, 0.1) is 30.5 Å². The highest BCUT2D eigenvalue weighted by Crippen LogP contribution is 2.28. The predicted molar refractivity (Wildman–Crippen MR) is 72.1 cm³/mol. The number of nitrogens with zero attached hydrogens (tertiary/aromatic N) is 2. The second-order valence-corrected chi connectivity index (χ2v) is 4.05. The van der Waals surface area contributed by atoms with Gasteiger partial charge in [-0.3, -0.25) is 0 Å². The Morgan fingerprint density at radius 2 is 2.25 bits per heavy atom. The summed E-state index contributed by atoms with van der Waals surface area (Å²) in [5.74, 6) is -2.09. The zero-order valence-corrected chi connectivity index (χ0v) is 11.1. The number of carboxylic acid groups (broad SMARTS) is 1. The topological polar surface area (TPSA) is 99.6 Å². The Balaban J connectivity index is 3.21. The van der Waals surface area contributed by atoms with E-state index in [4.69, 9.17) is 15.7 Å². The second kappa shape index (κ2) is 7.31. The summed E-state index contributed by atoms with van der Waals surface area (Å²) in [7, 11) is 1.51. The number of methoxy groups -OCH3 is 1. The molecule has 7 heteroatoms. The smallest absolute Gasteiger partial charge is 0.340 e. The second-order valence-electron chi connectivity index (χ2n) is 4.05. The van der Waals surface area contributed by atoms with Crippen molar-refractivity contribution in [3.8, 4) is 6.07 Å². The van der Waals surface area contributed by atoms with Gasteiger partial charge in [-0.15, -0.1) is 0 Å². The van der Waals surface area contributed by atoms with Crippen LogP contribution in [0.4, 0.5) is 15.8 Å². The number of benzene rings is 1. The summed E-state index contributed by atoms with van der Waals surface area (Å²) in [5, 5.41) is 17.9. The van der Waals surface area contributed by atoms with E-state index in [0.717, 1.165) is 6.07 Å². The SMILES string of the molecule is COCCN(CCC#N)c1ccc(F)c(N)c1C(=O)O. The zero-order valence-electron chi connectivity index (χ0n) is 11.1. The summed E-state index contributed by atoms with van der Waals surface area (Å²) < 4.78 is 18.4. The monoisotopic (exact) mass is 281 g/mol. The quantitative estimate of drug-likeness (QED) is 0.734. The number of carboxylic acids is 1. The lowest BCUT2D eigenvalue weighted by atomic mass is 10.1. The number of nitrogens with two attached hydrogens (primary N) is 1. The fourth-order valence-corrected chi connectivity index (χ4v) is 1.81. The Hall–Kier alpha value is -2.33. The number of nitriles is 1. The molecule has 20 heavy (non-hydrogen) atoms. The van der Waals surface area contributed by atoms with Crippen LogP contribution in [0, 0.1) is 17.1 Å². The lowest BCUT2D eigenvalue weighted by Gasteiger charge is -2.25. The van der Waals surface area contributed by atoms with Crippen LogP contribution in [-0.2, 0) is 4.74 Å². The van der Waals surface area contributed by atoms with Crippen molar-refractivity contribution in [1.29, 1.82) is 5.26 Å². The zero-order chi connectivity index (χ0) is 15.1. The van der Waals surface area contributed by atoms with Gasteiger partial charge in [-0.1, -0.05) is 0 Å². The molecule has 0 aliphatic rings. The van der Waals surface area contributed by atoms with Crippen LogP contribution in [0.5, 0.6) is 0 Å². The van der Waals surface area contributed by atoms with E-state index in [1.807, 2.05) is 6.07 Å². The number of rotatable bonds is 7. The van der Waals surface area contributed by atoms with Gasteiger partial charge in [-0.2, -0.15) is 5.26 Å². The molecule has 3 N–H and O–H groups in total. The van der Waals surface area contributed by atoms with Gasteiger partial charge in [0.15, 0.2) is 0 Å². The molecular weight excluding hydrogens is 265 g/mol. The highest BCUT2D eigenvalue weighted by molar-refractivity contribution is 6.00. The third-order valence-electron chi connectivity index (χ3n) is 2.78. The molecule has 0 fully saturated rings. The third kappa shape index (κ3) is 3.59. The van der Waals surface area contributed by atoms with Gasteiger partial charge in [0.1, 0.15) is 11.4 Å². The van der Waals surface area contributed by atoms with Crippen molar-refractivity contribution >= 4 is 17.3 Å². The first-order chi connectivity index (χ1) is 9.52. The molecule has 0 amide bonds. The number of halogens is 1. The Bertz CT molecular complexity index is 528. The van der Waals surface area contributed by atoms with Gasteiger partial charge in [0, 0.05) is 20.2 Å². The van der Waals surface area contributed by atoms with Gasteiger partial charge >= 0.3 is 5.97 Å². The van der Waals surface area contributed by atoms with E-state index in [-0.39, 0.29) is 17.7 Å². The van der Waals surface area contributed by atoms with E-state index in [0.29, 0.717) is 19.7 Å². The van der Waals surface area contributed by atoms with Crippen LogP contribution < -0.4 is 10.6 Å². The molecule has 0 aliphatic heterocycles. The maximum absolute atomic E-state index is 13.4. The predicted octanol–water partition coefficient (Wildman–Crippen LogP) is 1.47. The number of hydrogen-bond donors (Lipinski definition) is 2. The van der Waals surface area contributed by atoms with Crippen molar-refractivity contribution in [2.24, 2.45) is 0 Å². The molecule has 0 heterocycles. The summed E-state index contributed by atoms with van der Waals surface area (Å²) in [6.07, 6.45) is 0.208. The van der Waals surface area contributed by atoms with Gasteiger partial charge < -0.3 is 20.5 Å². The number of carbonyl (C=O) groups is 1. The van der Waals surface area contributed by atoms with Crippen molar-refractivity contribution in [2.75, 3.05) is 37.4 Å². The van der Waals surface area contributed by atoms with Gasteiger partial charge in [-0.05, 0) is 12.1 Å². The molecule has 0 saturated heterocycles. The average molecular weight is 281 g/mol. The van der Waals surface area contributed by atoms with E-state index in [1.54, 1.807) is 4.90 Å². The fraction of sp³-hybridized carbons (Fsp3) is 0.385. The highest BCUT2D eigenvalue weighted by Gasteiger charge is 2.21. The van der Waals surface area contributed by atoms with Crippen molar-refractivity contribution in [3.63, 3.8) is 0 Å². The lowest BCUT2D eigenvalue weighted by molar-refractivity contribution is 0.0698. The van der Waals surface area contributed by atoms with E-state index in [2.05, 4.69) is 0 Å². The molecule has 0 atom stereocenters. The Kier molecular flexibility index (Phi) is 5.74. The van der Waals surface area contributed by atoms with Gasteiger partial charge in [0.2, 0.25) is 0 Å². The van der Waals surface area contributed by atoms with E-state index in [9.17, 15) is 14.3 Å². The molecule has 0 aromatic heterocycles. The lowest BCUT2D eigenvalue weighted by Crippen LogP contribution is -2.30. The molecule has 1 rings (SSSR count). The van der Waals surface area contributed by atoms with Crippen molar-refractivity contribution < 1.29 is 19.0 Å². The number of nitrogen functional groups attached to an aromatic ring is 1. The number of aromatic carboxylic acids is 1. The van der Waals surface area contributed by atoms with Crippen LogP contribution in [-0.4, -0.2) is 37.9 Å². The van der Waals surface area contributed by atoms with Gasteiger partial charge in [-0.25, -0.2) is 9.18 Å². The summed E-state index contributed by atoms with van der Waals surface area (Å²) in [6.45, 7) is 1.04. The van der Waals surface area contributed by atoms with Crippen molar-refractivity contribution in [2.45, 2.75) is 6.42 Å². The molecule has 0 bridgehead atoms. The van der Waals surface area contributed by atoms with Crippen LogP contribution in [0.15, 0.2) is 12.1 Å². The molecular formula is C13H16FN3O3. The normalized spacial score (nSPS) is 10.1. The van der Waals surface area contributed by atoms with Crippen LogP contribution >= 0.6 is 0 Å². The highest BCUT2D eigenvalue weighted by atomic mass is 19.1. The van der Waals surface area contributed by atoms with Gasteiger partial charge in [0.25, 0.3) is 0 Å². The first-order valence-corrected chi connectivity index (χ1v) is 5.95. The maximum atomic E-state index is 13.4. The largest absolute Gasteiger partial charge is 0.478 e. The first-order valence-electron chi connectivity index (χ1n) is 5.95. The molecule has 0 saturated carbocycles. The van der Waals surface area contributed by atoms with Crippen LogP contribution in [0.25, 0.3) is 0 Å². The van der Waals surface area contributed by atoms with Crippen molar-refractivity contribution in [1.82, 2.24) is 0 Å². The number of anilines is 2. The Morgan fingerprint density at radius 3 is 2.80 bits per heavy atom. The minimum absolute atomic E-state index is 0.208. The molecule has 0 radical (unpaired) electrons. The number of hydrogen-bond acceptors (Lipinski definition) is 5. The van der Waals surface area contributed by atoms with Crippen LogP contribution in [0.3, 0.4) is 0 Å². The summed E-state index contributed by atoms with van der Waals surface area (Å²) in [6, 6.07) is 4.45. The molecule has 108 valence electrons. The fourth-order valence-electron chi connectivity index (χ4n) is 1.81. The molecule has 0 aliphatic carbocycles.